The molecule has 1 fully saturated rings. The molecule has 1 aliphatic heterocycles. The molecule has 0 saturated carbocycles. The third kappa shape index (κ3) is 4.98. The van der Waals surface area contributed by atoms with E-state index < -0.39 is 0 Å². The smallest absolute Gasteiger partial charge is 0.000439 e. The lowest BCUT2D eigenvalue weighted by molar-refractivity contribution is 0.155. The van der Waals surface area contributed by atoms with Gasteiger partial charge in [-0.15, -0.1) is 0 Å². The summed E-state index contributed by atoms with van der Waals surface area (Å²) < 4.78 is 0. The van der Waals surface area contributed by atoms with E-state index >= 15 is 0 Å². The standard InChI is InChI=1S/C13H28N2/c1-11(2)10-15-6-4-13(5-7-15)8-12(3)9-14/h11-13H,4-10,14H2,1-3H3. The van der Waals surface area contributed by atoms with E-state index in [1.165, 1.54) is 38.9 Å². The Kier molecular flexibility index (Phi) is 5.62. The molecule has 2 N–H and O–H groups in total. The van der Waals surface area contributed by atoms with E-state index in [1.807, 2.05) is 0 Å². The normalized spacial score (nSPS) is 22.2. The lowest BCUT2D eigenvalue weighted by Gasteiger charge is -2.33. The van der Waals surface area contributed by atoms with Crippen molar-refractivity contribution in [1.82, 2.24) is 4.90 Å². The van der Waals surface area contributed by atoms with Crippen molar-refractivity contribution in [2.45, 2.75) is 40.0 Å². The third-order valence-electron chi connectivity index (χ3n) is 3.47. The molecule has 0 aliphatic carbocycles. The van der Waals surface area contributed by atoms with Gasteiger partial charge in [0.15, 0.2) is 0 Å². The summed E-state index contributed by atoms with van der Waals surface area (Å²) in [5.41, 5.74) is 5.67. The van der Waals surface area contributed by atoms with E-state index in [9.17, 15) is 0 Å². The van der Waals surface area contributed by atoms with Crippen LogP contribution < -0.4 is 5.73 Å². The zero-order valence-electron chi connectivity index (χ0n) is 10.7. The second-order valence-electron chi connectivity index (χ2n) is 5.71. The number of hydrogen-bond donors (Lipinski definition) is 1. The molecule has 0 aromatic rings. The number of nitrogens with two attached hydrogens (primary N) is 1. The van der Waals surface area contributed by atoms with E-state index in [0.717, 1.165) is 18.4 Å². The molecule has 0 amide bonds. The van der Waals surface area contributed by atoms with Crippen LogP contribution in [0.4, 0.5) is 0 Å². The van der Waals surface area contributed by atoms with Gasteiger partial charge in [-0.1, -0.05) is 20.8 Å². The molecule has 1 aliphatic rings. The summed E-state index contributed by atoms with van der Waals surface area (Å²) >= 11 is 0. The SMILES string of the molecule is CC(C)CN1CCC(CC(C)CN)CC1. The Hall–Kier alpha value is -0.0800. The second kappa shape index (κ2) is 6.49. The molecular formula is C13H28N2. The summed E-state index contributed by atoms with van der Waals surface area (Å²) in [5.74, 6) is 2.46. The van der Waals surface area contributed by atoms with Gasteiger partial charge in [-0.05, 0) is 56.7 Å². The monoisotopic (exact) mass is 212 g/mol. The molecule has 0 aromatic heterocycles. The van der Waals surface area contributed by atoms with Crippen LogP contribution in [0.25, 0.3) is 0 Å². The van der Waals surface area contributed by atoms with E-state index in [2.05, 4.69) is 25.7 Å². The maximum atomic E-state index is 5.67. The first-order chi connectivity index (χ1) is 7.11. The Morgan fingerprint density at radius 1 is 1.20 bits per heavy atom. The number of hydrogen-bond acceptors (Lipinski definition) is 2. The maximum Gasteiger partial charge on any atom is 0.000439 e. The topological polar surface area (TPSA) is 29.3 Å². The van der Waals surface area contributed by atoms with Gasteiger partial charge in [-0.2, -0.15) is 0 Å². The van der Waals surface area contributed by atoms with Crippen LogP contribution in [0, 0.1) is 17.8 Å². The molecule has 1 saturated heterocycles. The molecule has 2 heteroatoms. The highest BCUT2D eigenvalue weighted by molar-refractivity contribution is 4.74. The van der Waals surface area contributed by atoms with Crippen molar-refractivity contribution < 1.29 is 0 Å². The van der Waals surface area contributed by atoms with Crippen molar-refractivity contribution in [1.29, 1.82) is 0 Å². The van der Waals surface area contributed by atoms with Crippen LogP contribution in [0.2, 0.25) is 0 Å². The minimum absolute atomic E-state index is 0.714. The van der Waals surface area contributed by atoms with Gasteiger partial charge < -0.3 is 10.6 Å². The van der Waals surface area contributed by atoms with Crippen LogP contribution >= 0.6 is 0 Å². The fourth-order valence-electron chi connectivity index (χ4n) is 2.59. The van der Waals surface area contributed by atoms with Crippen molar-refractivity contribution in [3.05, 3.63) is 0 Å². The van der Waals surface area contributed by atoms with Crippen LogP contribution in [0.15, 0.2) is 0 Å². The molecular weight excluding hydrogens is 184 g/mol. The summed E-state index contributed by atoms with van der Waals surface area (Å²) in [6.45, 7) is 11.6. The summed E-state index contributed by atoms with van der Waals surface area (Å²) in [6, 6.07) is 0. The van der Waals surface area contributed by atoms with Crippen molar-refractivity contribution in [3.63, 3.8) is 0 Å². The van der Waals surface area contributed by atoms with Crippen molar-refractivity contribution in [2.24, 2.45) is 23.5 Å². The first-order valence-corrected chi connectivity index (χ1v) is 6.54. The predicted molar refractivity (Wildman–Crippen MR) is 66.8 cm³/mol. The summed E-state index contributed by atoms with van der Waals surface area (Å²) in [5, 5.41) is 0. The largest absolute Gasteiger partial charge is 0.330 e. The molecule has 1 unspecified atom stereocenters. The molecule has 2 nitrogen and oxygen atoms in total. The van der Waals surface area contributed by atoms with E-state index in [1.54, 1.807) is 0 Å². The molecule has 1 heterocycles. The van der Waals surface area contributed by atoms with Gasteiger partial charge >= 0.3 is 0 Å². The first-order valence-electron chi connectivity index (χ1n) is 6.54. The van der Waals surface area contributed by atoms with Gasteiger partial charge in [-0.3, -0.25) is 0 Å². The Bertz CT molecular complexity index is 160. The zero-order chi connectivity index (χ0) is 11.3. The van der Waals surface area contributed by atoms with Crippen LogP contribution in [0.5, 0.6) is 0 Å². The number of nitrogens with zero attached hydrogens (tertiary/aromatic N) is 1. The van der Waals surface area contributed by atoms with Gasteiger partial charge in [0.05, 0.1) is 0 Å². The minimum atomic E-state index is 0.714. The molecule has 15 heavy (non-hydrogen) atoms. The van der Waals surface area contributed by atoms with Gasteiger partial charge in [-0.25, -0.2) is 0 Å². The van der Waals surface area contributed by atoms with Crippen molar-refractivity contribution in [3.8, 4) is 0 Å². The molecule has 0 bridgehead atoms. The molecule has 90 valence electrons. The lowest BCUT2D eigenvalue weighted by Crippen LogP contribution is -2.36. The Balaban J connectivity index is 2.18. The van der Waals surface area contributed by atoms with Gasteiger partial charge in [0.1, 0.15) is 0 Å². The van der Waals surface area contributed by atoms with Crippen molar-refractivity contribution >= 4 is 0 Å². The van der Waals surface area contributed by atoms with Crippen LogP contribution in [0.1, 0.15) is 40.0 Å². The van der Waals surface area contributed by atoms with Crippen LogP contribution in [-0.4, -0.2) is 31.1 Å². The average Bonchev–Trinajstić information content (AvgIpc) is 2.20. The zero-order valence-corrected chi connectivity index (χ0v) is 10.7. The molecule has 1 atom stereocenters. The molecule has 1 rings (SSSR count). The Morgan fingerprint density at radius 3 is 2.27 bits per heavy atom. The van der Waals surface area contributed by atoms with E-state index in [0.29, 0.717) is 5.92 Å². The molecule has 0 aromatic carbocycles. The van der Waals surface area contributed by atoms with E-state index in [-0.39, 0.29) is 0 Å². The first kappa shape index (κ1) is 13.0. The van der Waals surface area contributed by atoms with Gasteiger partial charge in [0.2, 0.25) is 0 Å². The lowest BCUT2D eigenvalue weighted by atomic mass is 9.88. The Morgan fingerprint density at radius 2 is 1.80 bits per heavy atom. The highest BCUT2D eigenvalue weighted by Crippen LogP contribution is 2.24. The third-order valence-corrected chi connectivity index (χ3v) is 3.47. The minimum Gasteiger partial charge on any atom is -0.330 e. The van der Waals surface area contributed by atoms with Crippen molar-refractivity contribution in [2.75, 3.05) is 26.2 Å². The fourth-order valence-corrected chi connectivity index (χ4v) is 2.59. The van der Waals surface area contributed by atoms with Crippen LogP contribution in [0.3, 0.4) is 0 Å². The van der Waals surface area contributed by atoms with Gasteiger partial charge in [0.25, 0.3) is 0 Å². The highest BCUT2D eigenvalue weighted by atomic mass is 15.1. The van der Waals surface area contributed by atoms with E-state index in [4.69, 9.17) is 5.73 Å². The van der Waals surface area contributed by atoms with Crippen LogP contribution in [-0.2, 0) is 0 Å². The number of likely N-dealkylation sites (tertiary alicyclic amines) is 1. The summed E-state index contributed by atoms with van der Waals surface area (Å²) in [4.78, 5) is 2.62. The second-order valence-corrected chi connectivity index (χ2v) is 5.71. The fraction of sp³-hybridized carbons (Fsp3) is 1.00. The molecule has 0 radical (unpaired) electrons. The quantitative estimate of drug-likeness (QED) is 0.758. The van der Waals surface area contributed by atoms with Gasteiger partial charge in [0, 0.05) is 6.54 Å². The highest BCUT2D eigenvalue weighted by Gasteiger charge is 2.20. The number of piperidine rings is 1. The number of rotatable bonds is 5. The predicted octanol–water partition coefficient (Wildman–Crippen LogP) is 2.34. The average molecular weight is 212 g/mol. The maximum absolute atomic E-state index is 5.67. The molecule has 0 spiro atoms. The Labute approximate surface area is 95.2 Å². The summed E-state index contributed by atoms with van der Waals surface area (Å²) in [6.07, 6.45) is 4.11. The summed E-state index contributed by atoms with van der Waals surface area (Å²) in [7, 11) is 0.